The molecule has 3 rings (SSSR count). The van der Waals surface area contributed by atoms with Gasteiger partial charge in [-0.25, -0.2) is 4.79 Å². The van der Waals surface area contributed by atoms with Gasteiger partial charge in [0.1, 0.15) is 10.6 Å². The Morgan fingerprint density at radius 2 is 1.80 bits per heavy atom. The average Bonchev–Trinajstić information content (AvgIpc) is 3.15. The van der Waals surface area contributed by atoms with Crippen LogP contribution < -0.4 is 4.74 Å². The number of hydrogen-bond acceptors (Lipinski definition) is 4. The lowest BCUT2D eigenvalue weighted by Gasteiger charge is -2.03. The van der Waals surface area contributed by atoms with Crippen molar-refractivity contribution < 1.29 is 14.3 Å². The number of allylic oxidation sites excluding steroid dienone is 1. The third-order valence-electron chi connectivity index (χ3n) is 3.35. The molecule has 1 aromatic heterocycles. The zero-order valence-electron chi connectivity index (χ0n) is 13.0. The normalized spacial score (nSPS) is 10.8. The highest BCUT2D eigenvalue weighted by Gasteiger charge is 2.10. The van der Waals surface area contributed by atoms with Crippen molar-refractivity contribution in [2.45, 2.75) is 0 Å². The van der Waals surface area contributed by atoms with Crippen LogP contribution in [0, 0.1) is 0 Å². The zero-order chi connectivity index (χ0) is 17.6. The monoisotopic (exact) mass is 368 g/mol. The molecule has 0 aliphatic carbocycles. The second-order valence-corrected chi connectivity index (χ2v) is 6.53. The van der Waals surface area contributed by atoms with Crippen LogP contribution >= 0.6 is 22.9 Å². The van der Waals surface area contributed by atoms with Crippen molar-refractivity contribution in [3.63, 3.8) is 0 Å². The summed E-state index contributed by atoms with van der Waals surface area (Å²) in [5, 5.41) is 2.43. The van der Waals surface area contributed by atoms with E-state index < -0.39 is 5.97 Å². The minimum absolute atomic E-state index is 0.142. The molecule has 0 aliphatic rings. The first-order valence-corrected chi connectivity index (χ1v) is 8.71. The van der Waals surface area contributed by atoms with Crippen LogP contribution in [0.4, 0.5) is 0 Å². The van der Waals surface area contributed by atoms with Crippen LogP contribution in [0.25, 0.3) is 6.08 Å². The number of carbonyl (C=O) groups excluding carboxylic acids is 2. The number of benzene rings is 2. The van der Waals surface area contributed by atoms with Gasteiger partial charge in [-0.1, -0.05) is 35.9 Å². The van der Waals surface area contributed by atoms with Crippen molar-refractivity contribution >= 4 is 40.8 Å². The first-order valence-electron chi connectivity index (χ1n) is 7.45. The van der Waals surface area contributed by atoms with E-state index in [2.05, 4.69) is 0 Å². The summed E-state index contributed by atoms with van der Waals surface area (Å²) in [6.45, 7) is 0. The van der Waals surface area contributed by atoms with E-state index in [0.29, 0.717) is 21.2 Å². The molecule has 0 spiro atoms. The standard InChI is InChI=1S/C20H13ClO3S/c21-16-4-1-3-14(13-16)6-11-18(22)15-7-9-17(10-8-15)24-20(23)19-5-2-12-25-19/h1-13H/b11-6-. The average molecular weight is 369 g/mol. The molecule has 3 nitrogen and oxygen atoms in total. The van der Waals surface area contributed by atoms with Gasteiger partial charge in [-0.15, -0.1) is 11.3 Å². The van der Waals surface area contributed by atoms with Crippen molar-refractivity contribution in [1.82, 2.24) is 0 Å². The molecule has 0 fully saturated rings. The summed E-state index contributed by atoms with van der Waals surface area (Å²) in [6.07, 6.45) is 3.19. The lowest BCUT2D eigenvalue weighted by Crippen LogP contribution is -2.06. The van der Waals surface area contributed by atoms with E-state index in [1.54, 1.807) is 54.6 Å². The molecule has 0 unspecified atom stereocenters. The first kappa shape index (κ1) is 17.1. The minimum atomic E-state index is -0.407. The molecule has 0 atom stereocenters. The number of hydrogen-bond donors (Lipinski definition) is 0. The number of ether oxygens (including phenoxy) is 1. The first-order chi connectivity index (χ1) is 12.1. The fourth-order valence-corrected chi connectivity index (χ4v) is 2.92. The molecular weight excluding hydrogens is 356 g/mol. The molecule has 3 aromatic rings. The Morgan fingerprint density at radius 3 is 2.48 bits per heavy atom. The second-order valence-electron chi connectivity index (χ2n) is 5.14. The van der Waals surface area contributed by atoms with Crippen LogP contribution in [0.1, 0.15) is 25.6 Å². The van der Waals surface area contributed by atoms with Gasteiger partial charge >= 0.3 is 5.97 Å². The van der Waals surface area contributed by atoms with Gasteiger partial charge in [0.2, 0.25) is 0 Å². The largest absolute Gasteiger partial charge is 0.422 e. The van der Waals surface area contributed by atoms with Crippen LogP contribution in [0.2, 0.25) is 5.02 Å². The summed E-state index contributed by atoms with van der Waals surface area (Å²) in [5.74, 6) is -0.153. The molecule has 25 heavy (non-hydrogen) atoms. The maximum atomic E-state index is 12.2. The Kier molecular flexibility index (Phi) is 5.43. The van der Waals surface area contributed by atoms with Gasteiger partial charge in [0.25, 0.3) is 0 Å². The molecule has 0 amide bonds. The highest BCUT2D eigenvalue weighted by Crippen LogP contribution is 2.17. The molecule has 0 radical (unpaired) electrons. The Labute approximate surface area is 154 Å². The topological polar surface area (TPSA) is 43.4 Å². The third-order valence-corrected chi connectivity index (χ3v) is 4.43. The smallest absolute Gasteiger partial charge is 0.353 e. The van der Waals surface area contributed by atoms with Gasteiger partial charge in [0.05, 0.1) is 0 Å². The summed E-state index contributed by atoms with van der Waals surface area (Å²) in [4.78, 5) is 24.6. The fourth-order valence-electron chi connectivity index (χ4n) is 2.12. The molecule has 0 saturated heterocycles. The summed E-state index contributed by atoms with van der Waals surface area (Å²) in [6, 6.07) is 17.2. The highest BCUT2D eigenvalue weighted by molar-refractivity contribution is 7.12. The summed E-state index contributed by atoms with van der Waals surface area (Å²) < 4.78 is 5.26. The lowest BCUT2D eigenvalue weighted by molar-refractivity contribution is 0.0740. The molecule has 124 valence electrons. The second kappa shape index (κ2) is 7.92. The van der Waals surface area contributed by atoms with Crippen molar-refractivity contribution in [3.05, 3.63) is 93.1 Å². The van der Waals surface area contributed by atoms with E-state index in [0.717, 1.165) is 5.56 Å². The number of halogens is 1. The summed E-state index contributed by atoms with van der Waals surface area (Å²) in [7, 11) is 0. The van der Waals surface area contributed by atoms with Crippen LogP contribution in [-0.4, -0.2) is 11.8 Å². The predicted molar refractivity (Wildman–Crippen MR) is 101 cm³/mol. The van der Waals surface area contributed by atoms with Gasteiger partial charge in [-0.2, -0.15) is 0 Å². The van der Waals surface area contributed by atoms with Crippen molar-refractivity contribution in [3.8, 4) is 5.75 Å². The number of carbonyl (C=O) groups is 2. The minimum Gasteiger partial charge on any atom is -0.422 e. The van der Waals surface area contributed by atoms with Crippen molar-refractivity contribution in [1.29, 1.82) is 0 Å². The fraction of sp³-hybridized carbons (Fsp3) is 0. The van der Waals surface area contributed by atoms with Crippen molar-refractivity contribution in [2.75, 3.05) is 0 Å². The highest BCUT2D eigenvalue weighted by atomic mass is 35.5. The van der Waals surface area contributed by atoms with Crippen LogP contribution in [-0.2, 0) is 0 Å². The SMILES string of the molecule is O=C(/C=C\c1cccc(Cl)c1)c1ccc(OC(=O)c2cccs2)cc1. The lowest BCUT2D eigenvalue weighted by atomic mass is 10.1. The van der Waals surface area contributed by atoms with E-state index in [9.17, 15) is 9.59 Å². The van der Waals surface area contributed by atoms with Gasteiger partial charge < -0.3 is 4.74 Å². The van der Waals surface area contributed by atoms with Gasteiger partial charge in [-0.3, -0.25) is 4.79 Å². The van der Waals surface area contributed by atoms with E-state index >= 15 is 0 Å². The molecule has 2 aromatic carbocycles. The van der Waals surface area contributed by atoms with Gasteiger partial charge in [0.15, 0.2) is 5.78 Å². The number of ketones is 1. The number of rotatable bonds is 5. The van der Waals surface area contributed by atoms with E-state index in [1.165, 1.54) is 17.4 Å². The Morgan fingerprint density at radius 1 is 1.00 bits per heavy atom. The quantitative estimate of drug-likeness (QED) is 0.258. The summed E-state index contributed by atoms with van der Waals surface area (Å²) >= 11 is 7.23. The third kappa shape index (κ3) is 4.66. The van der Waals surface area contributed by atoms with Crippen LogP contribution in [0.15, 0.2) is 72.1 Å². The maximum Gasteiger partial charge on any atom is 0.353 e. The van der Waals surface area contributed by atoms with E-state index in [1.807, 2.05) is 17.5 Å². The predicted octanol–water partition coefficient (Wildman–Crippen LogP) is 5.52. The Hall–Kier alpha value is -2.69. The molecule has 5 heteroatoms. The zero-order valence-corrected chi connectivity index (χ0v) is 14.6. The van der Waals surface area contributed by atoms with Gasteiger partial charge in [-0.05, 0) is 59.5 Å². The van der Waals surface area contributed by atoms with Crippen LogP contribution in [0.3, 0.4) is 0 Å². The molecule has 0 aliphatic heterocycles. The molecule has 0 N–H and O–H groups in total. The van der Waals surface area contributed by atoms with E-state index in [4.69, 9.17) is 16.3 Å². The molecule has 0 bridgehead atoms. The number of esters is 1. The molecule has 1 heterocycles. The number of thiophene rings is 1. The Balaban J connectivity index is 1.65. The summed E-state index contributed by atoms with van der Waals surface area (Å²) in [5.41, 5.74) is 1.36. The Bertz CT molecular complexity index is 912. The maximum absolute atomic E-state index is 12.2. The van der Waals surface area contributed by atoms with Crippen LogP contribution in [0.5, 0.6) is 5.75 Å². The molecular formula is C20H13ClO3S. The van der Waals surface area contributed by atoms with Crippen molar-refractivity contribution in [2.24, 2.45) is 0 Å². The van der Waals surface area contributed by atoms with Gasteiger partial charge in [0, 0.05) is 10.6 Å². The van der Waals surface area contributed by atoms with E-state index in [-0.39, 0.29) is 5.78 Å². The molecule has 0 saturated carbocycles.